The molecule has 0 aliphatic heterocycles. The Bertz CT molecular complexity index is 444. The van der Waals surface area contributed by atoms with Crippen LogP contribution in [0.2, 0.25) is 0 Å². The van der Waals surface area contributed by atoms with Crippen LogP contribution in [0.15, 0.2) is 12.1 Å². The van der Waals surface area contributed by atoms with Gasteiger partial charge in [0.05, 0.1) is 26.9 Å². The Hall–Kier alpha value is -1.42. The molecule has 1 aliphatic carbocycles. The van der Waals surface area contributed by atoms with Crippen LogP contribution in [0.5, 0.6) is 17.2 Å². The summed E-state index contributed by atoms with van der Waals surface area (Å²) in [6.07, 6.45) is 1.73. The highest BCUT2D eigenvalue weighted by molar-refractivity contribution is 5.54. The zero-order chi connectivity index (χ0) is 13.3. The van der Waals surface area contributed by atoms with Crippen LogP contribution in [0.4, 0.5) is 0 Å². The van der Waals surface area contributed by atoms with Crippen molar-refractivity contribution in [2.45, 2.75) is 25.4 Å². The van der Waals surface area contributed by atoms with E-state index in [1.54, 1.807) is 27.4 Å². The van der Waals surface area contributed by atoms with Crippen LogP contribution in [-0.4, -0.2) is 26.4 Å². The number of rotatable bonds is 5. The normalized spacial score (nSPS) is 25.7. The summed E-state index contributed by atoms with van der Waals surface area (Å²) in [4.78, 5) is 0. The van der Waals surface area contributed by atoms with Gasteiger partial charge in [0.15, 0.2) is 11.5 Å². The van der Waals surface area contributed by atoms with Gasteiger partial charge in [-0.2, -0.15) is 0 Å². The molecule has 2 atom stereocenters. The summed E-state index contributed by atoms with van der Waals surface area (Å²) < 4.78 is 15.9. The summed E-state index contributed by atoms with van der Waals surface area (Å²) in [5, 5.41) is 10.6. The van der Waals surface area contributed by atoms with Crippen LogP contribution < -0.4 is 14.2 Å². The molecule has 0 saturated heterocycles. The Morgan fingerprint density at radius 3 is 2.11 bits per heavy atom. The predicted octanol–water partition coefficient (Wildman–Crippen LogP) is 2.33. The smallest absolute Gasteiger partial charge is 0.164 e. The zero-order valence-corrected chi connectivity index (χ0v) is 11.3. The fourth-order valence-corrected chi connectivity index (χ4v) is 2.50. The minimum Gasteiger partial charge on any atom is -0.496 e. The van der Waals surface area contributed by atoms with Crippen LogP contribution in [-0.2, 0) is 5.60 Å². The molecule has 100 valence electrons. The summed E-state index contributed by atoms with van der Waals surface area (Å²) >= 11 is 0. The van der Waals surface area contributed by atoms with Crippen molar-refractivity contribution in [3.8, 4) is 17.2 Å². The lowest BCUT2D eigenvalue weighted by Crippen LogP contribution is -2.11. The number of aliphatic hydroxyl groups is 1. The highest BCUT2D eigenvalue weighted by Crippen LogP contribution is 2.57. The number of ether oxygens (including phenoxy) is 3. The van der Waals surface area contributed by atoms with E-state index in [2.05, 4.69) is 6.92 Å². The molecule has 1 N–H and O–H groups in total. The van der Waals surface area contributed by atoms with Gasteiger partial charge in [-0.05, 0) is 18.4 Å². The van der Waals surface area contributed by atoms with Gasteiger partial charge in [-0.3, -0.25) is 0 Å². The predicted molar refractivity (Wildman–Crippen MR) is 68.4 cm³/mol. The lowest BCUT2D eigenvalue weighted by atomic mass is 10.0. The second kappa shape index (κ2) is 4.69. The summed E-state index contributed by atoms with van der Waals surface area (Å²) in [5.41, 5.74) is 0.00844. The van der Waals surface area contributed by atoms with Gasteiger partial charge in [-0.1, -0.05) is 13.3 Å². The number of methoxy groups -OCH3 is 3. The Morgan fingerprint density at radius 2 is 1.67 bits per heavy atom. The molecule has 1 aromatic rings. The molecule has 2 unspecified atom stereocenters. The highest BCUT2D eigenvalue weighted by Gasteiger charge is 2.54. The van der Waals surface area contributed by atoms with Crippen molar-refractivity contribution in [2.24, 2.45) is 5.92 Å². The monoisotopic (exact) mass is 252 g/mol. The standard InChI is InChI=1S/C14H20O4/c1-5-9-8-14(9,15)10-6-12(17-3)13(18-4)7-11(10)16-2/h6-7,9,15H,5,8H2,1-4H3. The molecule has 0 amide bonds. The second-order valence-corrected chi connectivity index (χ2v) is 4.64. The average molecular weight is 252 g/mol. The maximum Gasteiger partial charge on any atom is 0.164 e. The van der Waals surface area contributed by atoms with Crippen molar-refractivity contribution in [3.05, 3.63) is 17.7 Å². The first-order chi connectivity index (χ1) is 8.60. The van der Waals surface area contributed by atoms with E-state index in [-0.39, 0.29) is 0 Å². The SMILES string of the molecule is CCC1CC1(O)c1cc(OC)c(OC)cc1OC. The zero-order valence-electron chi connectivity index (χ0n) is 11.3. The molecule has 1 aromatic carbocycles. The van der Waals surface area contributed by atoms with E-state index in [9.17, 15) is 5.11 Å². The van der Waals surface area contributed by atoms with Crippen LogP contribution >= 0.6 is 0 Å². The number of hydrogen-bond acceptors (Lipinski definition) is 4. The first-order valence-electron chi connectivity index (χ1n) is 6.13. The number of benzene rings is 1. The molecule has 4 nitrogen and oxygen atoms in total. The quantitative estimate of drug-likeness (QED) is 0.873. The molecule has 18 heavy (non-hydrogen) atoms. The minimum atomic E-state index is -0.778. The third kappa shape index (κ3) is 1.90. The largest absolute Gasteiger partial charge is 0.496 e. The first kappa shape index (κ1) is 13.0. The van der Waals surface area contributed by atoms with Crippen LogP contribution in [0.25, 0.3) is 0 Å². The molecule has 1 fully saturated rings. The van der Waals surface area contributed by atoms with Gasteiger partial charge in [0.2, 0.25) is 0 Å². The van der Waals surface area contributed by atoms with Crippen molar-refractivity contribution in [1.82, 2.24) is 0 Å². The van der Waals surface area contributed by atoms with Gasteiger partial charge < -0.3 is 19.3 Å². The van der Waals surface area contributed by atoms with Crippen molar-refractivity contribution >= 4 is 0 Å². The van der Waals surface area contributed by atoms with E-state index in [4.69, 9.17) is 14.2 Å². The fourth-order valence-electron chi connectivity index (χ4n) is 2.50. The third-order valence-corrected chi connectivity index (χ3v) is 3.74. The molecule has 4 heteroatoms. The fraction of sp³-hybridized carbons (Fsp3) is 0.571. The molecule has 0 aromatic heterocycles. The second-order valence-electron chi connectivity index (χ2n) is 4.64. The van der Waals surface area contributed by atoms with Gasteiger partial charge in [-0.15, -0.1) is 0 Å². The summed E-state index contributed by atoms with van der Waals surface area (Å²) in [7, 11) is 4.76. The first-order valence-corrected chi connectivity index (χ1v) is 6.13. The molecular weight excluding hydrogens is 232 g/mol. The topological polar surface area (TPSA) is 47.9 Å². The molecule has 0 bridgehead atoms. The van der Waals surface area contributed by atoms with Gasteiger partial charge in [0.25, 0.3) is 0 Å². The van der Waals surface area contributed by atoms with Crippen molar-refractivity contribution in [3.63, 3.8) is 0 Å². The van der Waals surface area contributed by atoms with E-state index in [1.165, 1.54) is 0 Å². The molecule has 1 aliphatic rings. The van der Waals surface area contributed by atoms with Gasteiger partial charge in [-0.25, -0.2) is 0 Å². The van der Waals surface area contributed by atoms with Crippen LogP contribution in [0.3, 0.4) is 0 Å². The summed E-state index contributed by atoms with van der Waals surface area (Å²) in [6, 6.07) is 3.57. The van der Waals surface area contributed by atoms with Gasteiger partial charge in [0.1, 0.15) is 5.75 Å². The van der Waals surface area contributed by atoms with Crippen molar-refractivity contribution in [2.75, 3.05) is 21.3 Å². The van der Waals surface area contributed by atoms with Crippen LogP contribution in [0.1, 0.15) is 25.3 Å². The lowest BCUT2D eigenvalue weighted by molar-refractivity contribution is 0.126. The molecule has 0 heterocycles. The van der Waals surface area contributed by atoms with Gasteiger partial charge in [0, 0.05) is 11.6 Å². The van der Waals surface area contributed by atoms with E-state index in [0.717, 1.165) is 18.4 Å². The maximum absolute atomic E-state index is 10.6. The minimum absolute atomic E-state index is 0.296. The molecular formula is C14H20O4. The Kier molecular flexibility index (Phi) is 3.39. The Balaban J connectivity index is 2.47. The molecule has 0 radical (unpaired) electrons. The number of hydrogen-bond donors (Lipinski definition) is 1. The molecule has 1 saturated carbocycles. The van der Waals surface area contributed by atoms with E-state index >= 15 is 0 Å². The van der Waals surface area contributed by atoms with E-state index in [0.29, 0.717) is 23.2 Å². The highest BCUT2D eigenvalue weighted by atomic mass is 16.5. The molecule has 0 spiro atoms. The summed E-state index contributed by atoms with van der Waals surface area (Å²) in [5.74, 6) is 2.16. The summed E-state index contributed by atoms with van der Waals surface area (Å²) in [6.45, 7) is 2.08. The average Bonchev–Trinajstić information content (AvgIpc) is 3.09. The molecule has 2 rings (SSSR count). The van der Waals surface area contributed by atoms with Crippen molar-refractivity contribution < 1.29 is 19.3 Å². The third-order valence-electron chi connectivity index (χ3n) is 3.74. The lowest BCUT2D eigenvalue weighted by Gasteiger charge is -2.18. The van der Waals surface area contributed by atoms with Crippen LogP contribution in [0, 0.1) is 5.92 Å². The Morgan fingerprint density at radius 1 is 1.11 bits per heavy atom. The maximum atomic E-state index is 10.6. The van der Waals surface area contributed by atoms with Gasteiger partial charge >= 0.3 is 0 Å². The van der Waals surface area contributed by atoms with E-state index in [1.807, 2.05) is 6.07 Å². The van der Waals surface area contributed by atoms with Crippen molar-refractivity contribution in [1.29, 1.82) is 0 Å². The van der Waals surface area contributed by atoms with E-state index < -0.39 is 5.60 Å². The Labute approximate surface area is 107 Å².